The number of methoxy groups -OCH3 is 1. The molecule has 0 bridgehead atoms. The van der Waals surface area contributed by atoms with Gasteiger partial charge in [0.25, 0.3) is 0 Å². The summed E-state index contributed by atoms with van der Waals surface area (Å²) in [5.41, 5.74) is -0.293. The Labute approximate surface area is 270 Å². The number of fused-ring (bicyclic) bond motifs is 2. The van der Waals surface area contributed by atoms with E-state index in [0.29, 0.717) is 34.3 Å². The summed E-state index contributed by atoms with van der Waals surface area (Å²) in [7, 11) is -2.56. The number of rotatable bonds is 12. The van der Waals surface area contributed by atoms with Crippen molar-refractivity contribution < 1.29 is 56.5 Å². The van der Waals surface area contributed by atoms with Gasteiger partial charge in [-0.3, -0.25) is 19.3 Å². The highest BCUT2D eigenvalue weighted by atomic mass is 32.2. The van der Waals surface area contributed by atoms with Gasteiger partial charge in [-0.05, 0) is 43.0 Å². The van der Waals surface area contributed by atoms with Crippen LogP contribution in [0.2, 0.25) is 0 Å². The zero-order chi connectivity index (χ0) is 35.0. The highest BCUT2D eigenvalue weighted by Crippen LogP contribution is 2.51. The van der Waals surface area contributed by atoms with Gasteiger partial charge in [0.15, 0.2) is 11.5 Å². The predicted molar refractivity (Wildman–Crippen MR) is 167 cm³/mol. The average Bonchev–Trinajstić information content (AvgIpc) is 3.55. The molecule has 4 atom stereocenters. The molecule has 4 rings (SSSR count). The van der Waals surface area contributed by atoms with Crippen molar-refractivity contribution in [3.8, 4) is 11.5 Å². The van der Waals surface area contributed by atoms with Gasteiger partial charge in [-0.25, -0.2) is 22.4 Å². The summed E-state index contributed by atoms with van der Waals surface area (Å²) in [6.45, 7) is 5.56. The number of hydrogen-bond donors (Lipinski definition) is 4. The summed E-state index contributed by atoms with van der Waals surface area (Å²) in [5, 5.41) is 25.5. The van der Waals surface area contributed by atoms with Crippen LogP contribution in [0.3, 0.4) is 0 Å². The first-order valence-corrected chi connectivity index (χ1v) is 16.8. The molecule has 2 aromatic carbocycles. The molecule has 0 saturated heterocycles. The van der Waals surface area contributed by atoms with E-state index in [-0.39, 0.29) is 24.4 Å². The fourth-order valence-electron chi connectivity index (χ4n) is 6.37. The molecule has 4 N–H and O–H groups in total. The molecule has 2 aliphatic rings. The Kier molecular flexibility index (Phi) is 10.1. The van der Waals surface area contributed by atoms with E-state index in [1.165, 1.54) is 7.11 Å². The number of benzene rings is 2. The Hall–Kier alpha value is -4.73. The monoisotopic (exact) mass is 677 g/mol. The van der Waals surface area contributed by atoms with Gasteiger partial charge < -0.3 is 30.3 Å². The minimum Gasteiger partial charge on any atom is -0.493 e. The normalized spacial score (nSPS) is 19.0. The molecule has 4 unspecified atom stereocenters. The van der Waals surface area contributed by atoms with Crippen molar-refractivity contribution in [1.29, 1.82) is 0 Å². The van der Waals surface area contributed by atoms with Crippen LogP contribution in [0.5, 0.6) is 11.5 Å². The maximum Gasteiger partial charge on any atom is 0.394 e. The number of nitrogens with zero attached hydrogens (tertiary/aromatic N) is 1. The third kappa shape index (κ3) is 7.16. The van der Waals surface area contributed by atoms with E-state index in [9.17, 15) is 42.6 Å². The van der Waals surface area contributed by atoms with Crippen LogP contribution in [0.4, 0.5) is 21.5 Å². The van der Waals surface area contributed by atoms with Crippen molar-refractivity contribution in [3.05, 3.63) is 41.2 Å². The van der Waals surface area contributed by atoms with Crippen LogP contribution in [0.1, 0.15) is 44.2 Å². The van der Waals surface area contributed by atoms with E-state index >= 15 is 4.39 Å². The molecule has 254 valence electrons. The molecule has 47 heavy (non-hydrogen) atoms. The summed E-state index contributed by atoms with van der Waals surface area (Å²) in [4.78, 5) is 64.7. The van der Waals surface area contributed by atoms with Crippen molar-refractivity contribution >= 4 is 56.4 Å². The molecule has 14 nitrogen and oxygen atoms in total. The minimum absolute atomic E-state index is 0.0148. The van der Waals surface area contributed by atoms with Gasteiger partial charge in [-0.1, -0.05) is 13.8 Å². The van der Waals surface area contributed by atoms with Crippen LogP contribution < -0.4 is 25.0 Å². The van der Waals surface area contributed by atoms with E-state index in [2.05, 4.69) is 10.6 Å². The number of anilines is 3. The summed E-state index contributed by atoms with van der Waals surface area (Å²) in [5.74, 6) is -12.6. The molecule has 0 radical (unpaired) electrons. The molecule has 0 aromatic heterocycles. The second-order valence-electron chi connectivity index (χ2n) is 11.9. The lowest BCUT2D eigenvalue weighted by Gasteiger charge is -2.36. The third-order valence-electron chi connectivity index (χ3n) is 8.04. The first kappa shape index (κ1) is 35.1. The van der Waals surface area contributed by atoms with E-state index < -0.39 is 86.1 Å². The number of carboxylic acid groups (broad SMARTS) is 2. The van der Waals surface area contributed by atoms with Crippen LogP contribution in [0.15, 0.2) is 24.3 Å². The quantitative estimate of drug-likeness (QED) is 0.239. The molecule has 2 aromatic rings. The van der Waals surface area contributed by atoms with Crippen molar-refractivity contribution in [2.75, 3.05) is 41.3 Å². The Morgan fingerprint density at radius 1 is 1.11 bits per heavy atom. The second kappa shape index (κ2) is 13.6. The number of carbonyl (C=O) groups excluding carboxylic acids is 3. The first-order chi connectivity index (χ1) is 22.0. The van der Waals surface area contributed by atoms with Gasteiger partial charge in [0.2, 0.25) is 11.7 Å². The number of carboxylic acids is 2. The minimum atomic E-state index is -3.99. The van der Waals surface area contributed by atoms with Crippen molar-refractivity contribution in [1.82, 2.24) is 0 Å². The zero-order valence-electron chi connectivity index (χ0n) is 26.3. The van der Waals surface area contributed by atoms with E-state index in [1.54, 1.807) is 32.9 Å². The number of hydrogen-bond acceptors (Lipinski definition) is 10. The van der Waals surface area contributed by atoms with Crippen molar-refractivity contribution in [2.45, 2.75) is 51.6 Å². The average molecular weight is 678 g/mol. The number of ether oxygens (including phenoxy) is 2. The summed E-state index contributed by atoms with van der Waals surface area (Å²) in [6, 6.07) is 2.40. The maximum atomic E-state index is 15.8. The number of sulfone groups is 1. The van der Waals surface area contributed by atoms with Gasteiger partial charge >= 0.3 is 17.8 Å². The smallest absolute Gasteiger partial charge is 0.394 e. The Morgan fingerprint density at radius 2 is 1.79 bits per heavy atom. The topological polar surface area (TPSA) is 206 Å². The van der Waals surface area contributed by atoms with Crippen molar-refractivity contribution in [2.24, 2.45) is 11.8 Å². The van der Waals surface area contributed by atoms with Crippen LogP contribution >= 0.6 is 0 Å². The number of aliphatic carboxylic acids is 2. The lowest BCUT2D eigenvalue weighted by atomic mass is 9.79. The fourth-order valence-corrected chi connectivity index (χ4v) is 7.50. The lowest BCUT2D eigenvalue weighted by Crippen LogP contribution is -2.54. The van der Waals surface area contributed by atoms with Crippen LogP contribution in [0.25, 0.3) is 0 Å². The third-order valence-corrected chi connectivity index (χ3v) is 9.03. The highest BCUT2D eigenvalue weighted by Gasteiger charge is 2.56. The SMILES string of the molecule is CCOc1cc2c(cc1OC)CC(C(CS(C)(=O)=O)C1C(C(=O)C(=O)O)c3c(NC(=O)CC(C)C)ccc(F)c3N1C(=O)C(=O)O)N2. The number of Topliss-reactive ketones (excluding diaryl/α,β-unsaturated/α-hetero) is 1. The fraction of sp³-hybridized carbons (Fsp3) is 0.452. The standard InChI is InChI=1S/C31H36FN3O11S/c1-6-46-22-12-19-15(11-21(22)45-4)10-20(33-19)16(13-47(5,43)44)26-25(28(37)30(39)40)24-18(34-23(36)9-14(2)3)8-7-17(32)27(24)35(26)29(38)31(41)42/h7-8,11-12,14,16,20,25-26,33H,6,9-10,13H2,1-5H3,(H,34,36)(H,39,40)(H,41,42). The zero-order valence-corrected chi connectivity index (χ0v) is 27.1. The Balaban J connectivity index is 1.97. The number of carbonyl (C=O) groups is 5. The Bertz CT molecular complexity index is 1740. The number of ketones is 1. The number of halogens is 1. The molecular formula is C31H36FN3O11S. The van der Waals surface area contributed by atoms with Crippen LogP contribution in [-0.4, -0.2) is 86.0 Å². The summed E-state index contributed by atoms with van der Waals surface area (Å²) in [6.07, 6.45) is 0.934. The van der Waals surface area contributed by atoms with E-state index in [1.807, 2.05) is 0 Å². The predicted octanol–water partition coefficient (Wildman–Crippen LogP) is 2.45. The van der Waals surface area contributed by atoms with E-state index in [4.69, 9.17) is 9.47 Å². The summed E-state index contributed by atoms with van der Waals surface area (Å²) < 4.78 is 52.7. The van der Waals surface area contributed by atoms with Crippen LogP contribution in [-0.2, 0) is 40.2 Å². The number of amides is 2. The van der Waals surface area contributed by atoms with Gasteiger partial charge in [0.05, 0.1) is 37.1 Å². The first-order valence-electron chi connectivity index (χ1n) is 14.7. The molecular weight excluding hydrogens is 641 g/mol. The lowest BCUT2D eigenvalue weighted by molar-refractivity contribution is -0.150. The van der Waals surface area contributed by atoms with Gasteiger partial charge in [0.1, 0.15) is 15.7 Å². The molecule has 0 saturated carbocycles. The molecule has 0 aliphatic carbocycles. The van der Waals surface area contributed by atoms with Crippen molar-refractivity contribution in [3.63, 3.8) is 0 Å². The maximum absolute atomic E-state index is 15.8. The van der Waals surface area contributed by atoms with Gasteiger partial charge in [-0.2, -0.15) is 0 Å². The van der Waals surface area contributed by atoms with Crippen LogP contribution in [0, 0.1) is 17.7 Å². The Morgan fingerprint density at radius 3 is 2.34 bits per heavy atom. The van der Waals surface area contributed by atoms with Gasteiger partial charge in [0, 0.05) is 47.6 Å². The van der Waals surface area contributed by atoms with Gasteiger partial charge in [-0.15, -0.1) is 0 Å². The molecule has 2 heterocycles. The highest BCUT2D eigenvalue weighted by molar-refractivity contribution is 7.90. The molecule has 2 aliphatic heterocycles. The molecule has 16 heteroatoms. The van der Waals surface area contributed by atoms with E-state index in [0.717, 1.165) is 18.4 Å². The molecule has 0 spiro atoms. The number of nitrogens with one attached hydrogen (secondary N) is 2. The molecule has 2 amide bonds. The molecule has 0 fully saturated rings. The second-order valence-corrected chi connectivity index (χ2v) is 14.1. The largest absolute Gasteiger partial charge is 0.493 e. The summed E-state index contributed by atoms with van der Waals surface area (Å²) >= 11 is 0.